The van der Waals surface area contributed by atoms with Crippen molar-refractivity contribution in [2.45, 2.75) is 37.6 Å². The largest absolute Gasteiger partial charge is 0.338 e. The topological polar surface area (TPSA) is 25.2 Å². The van der Waals surface area contributed by atoms with E-state index in [4.69, 9.17) is 0 Å². The highest BCUT2D eigenvalue weighted by Gasteiger charge is 2.42. The van der Waals surface area contributed by atoms with E-state index >= 15 is 0 Å². The molecule has 3 nitrogen and oxygen atoms in total. The van der Waals surface area contributed by atoms with Gasteiger partial charge in [0.25, 0.3) is 5.91 Å². The Kier molecular flexibility index (Phi) is 1.64. The molecule has 1 saturated carbocycles. The Balaban J connectivity index is 1.92. The van der Waals surface area contributed by atoms with E-state index in [0.717, 1.165) is 30.6 Å². The minimum atomic E-state index is 0.0726. The summed E-state index contributed by atoms with van der Waals surface area (Å²) in [4.78, 5) is 12.0. The van der Waals surface area contributed by atoms with Gasteiger partial charge in [-0.1, -0.05) is 12.8 Å². The first-order valence-corrected chi connectivity index (χ1v) is 6.40. The Labute approximate surface area is 100.0 Å². The summed E-state index contributed by atoms with van der Waals surface area (Å²) in [5, 5.41) is 0. The number of fused-ring (bicyclic) bond motifs is 7. The molecular weight excluding hydrogens is 220 g/mol. The van der Waals surface area contributed by atoms with E-state index in [0.29, 0.717) is 0 Å². The molecule has 4 heteroatoms. The molecule has 1 aromatic heterocycles. The van der Waals surface area contributed by atoms with Crippen molar-refractivity contribution in [3.05, 3.63) is 23.0 Å². The third-order valence-corrected chi connectivity index (χ3v) is 4.80. The summed E-state index contributed by atoms with van der Waals surface area (Å²) in [6.07, 6.45) is 3.96. The summed E-state index contributed by atoms with van der Waals surface area (Å²) in [6.45, 7) is 1.65. The summed E-state index contributed by atoms with van der Waals surface area (Å²) in [5.74, 6) is 1.54. The monoisotopic (exact) mass is 234 g/mol. The van der Waals surface area contributed by atoms with Gasteiger partial charge < -0.3 is 4.57 Å². The summed E-state index contributed by atoms with van der Waals surface area (Å²) in [6, 6.07) is 2.13. The Hall–Kier alpha value is -0.900. The molecule has 2 aliphatic carbocycles. The molecular formula is C12H14N2OS. The number of thiol groups is 1. The zero-order valence-corrected chi connectivity index (χ0v) is 9.91. The van der Waals surface area contributed by atoms with Crippen LogP contribution in [0.2, 0.25) is 0 Å². The molecule has 1 aromatic rings. The van der Waals surface area contributed by atoms with Crippen LogP contribution in [0.15, 0.2) is 6.07 Å². The predicted octanol–water partition coefficient (Wildman–Crippen LogP) is 2.15. The highest BCUT2D eigenvalue weighted by Crippen LogP contribution is 2.54. The van der Waals surface area contributed by atoms with E-state index < -0.39 is 0 Å². The van der Waals surface area contributed by atoms with Crippen molar-refractivity contribution in [1.82, 2.24) is 8.87 Å². The summed E-state index contributed by atoms with van der Waals surface area (Å²) >= 11 is 4.20. The van der Waals surface area contributed by atoms with Gasteiger partial charge in [0.1, 0.15) is 5.69 Å². The lowest BCUT2D eigenvalue weighted by atomic mass is 9.98. The van der Waals surface area contributed by atoms with Gasteiger partial charge in [-0.2, -0.15) is 0 Å². The Morgan fingerprint density at radius 3 is 2.94 bits per heavy atom. The number of hydrogen-bond donors (Lipinski definition) is 1. The average molecular weight is 234 g/mol. The molecule has 2 unspecified atom stereocenters. The van der Waals surface area contributed by atoms with Crippen LogP contribution in [0, 0.1) is 0 Å². The van der Waals surface area contributed by atoms with Crippen LogP contribution in [0.25, 0.3) is 0 Å². The second-order valence-electron chi connectivity index (χ2n) is 5.16. The van der Waals surface area contributed by atoms with Crippen molar-refractivity contribution in [2.75, 3.05) is 6.54 Å². The fraction of sp³-hybridized carbons (Fsp3) is 0.583. The molecule has 3 aliphatic rings. The molecule has 1 aliphatic heterocycles. The van der Waals surface area contributed by atoms with E-state index in [9.17, 15) is 4.79 Å². The minimum absolute atomic E-state index is 0.0726. The second-order valence-corrected chi connectivity index (χ2v) is 5.64. The van der Waals surface area contributed by atoms with Crippen LogP contribution in [0.1, 0.15) is 52.8 Å². The predicted molar refractivity (Wildman–Crippen MR) is 63.8 cm³/mol. The molecule has 16 heavy (non-hydrogen) atoms. The molecule has 0 aromatic carbocycles. The maximum Gasteiger partial charge on any atom is 0.280 e. The zero-order chi connectivity index (χ0) is 10.9. The molecule has 0 spiro atoms. The second kappa shape index (κ2) is 2.86. The van der Waals surface area contributed by atoms with Gasteiger partial charge in [0.15, 0.2) is 0 Å². The Bertz CT molecular complexity index is 493. The van der Waals surface area contributed by atoms with Gasteiger partial charge in [-0.3, -0.25) is 9.10 Å². The summed E-state index contributed by atoms with van der Waals surface area (Å²) in [7, 11) is 0. The summed E-state index contributed by atoms with van der Waals surface area (Å²) < 4.78 is 3.79. The first-order chi connectivity index (χ1) is 7.75. The smallest absolute Gasteiger partial charge is 0.280 e. The summed E-state index contributed by atoms with van der Waals surface area (Å²) in [5.41, 5.74) is 3.80. The molecule has 2 atom stereocenters. The van der Waals surface area contributed by atoms with Gasteiger partial charge in [-0.15, -0.1) is 0 Å². The third kappa shape index (κ3) is 0.943. The number of carbonyl (C=O) groups excluding carboxylic acids is 1. The SMILES string of the molecule is O=C1c2cc3c(n2CCN1S)C1CCC3C1. The van der Waals surface area contributed by atoms with Crippen LogP contribution in [-0.4, -0.2) is 21.3 Å². The van der Waals surface area contributed by atoms with Crippen LogP contribution in [-0.2, 0) is 6.54 Å². The van der Waals surface area contributed by atoms with Crippen molar-refractivity contribution < 1.29 is 4.79 Å². The molecule has 0 saturated heterocycles. The lowest BCUT2D eigenvalue weighted by Gasteiger charge is -2.25. The van der Waals surface area contributed by atoms with E-state index in [1.54, 1.807) is 0 Å². The number of aromatic nitrogens is 1. The van der Waals surface area contributed by atoms with Gasteiger partial charge in [0.05, 0.1) is 6.54 Å². The third-order valence-electron chi connectivity index (χ3n) is 4.42. The van der Waals surface area contributed by atoms with Crippen molar-refractivity contribution in [2.24, 2.45) is 0 Å². The minimum Gasteiger partial charge on any atom is -0.338 e. The highest BCUT2D eigenvalue weighted by molar-refractivity contribution is 7.78. The highest BCUT2D eigenvalue weighted by atomic mass is 32.1. The number of nitrogens with zero attached hydrogens (tertiary/aromatic N) is 2. The van der Waals surface area contributed by atoms with Gasteiger partial charge in [0, 0.05) is 18.2 Å². The van der Waals surface area contributed by atoms with Crippen LogP contribution < -0.4 is 0 Å². The fourth-order valence-corrected chi connectivity index (χ4v) is 3.92. The van der Waals surface area contributed by atoms with Gasteiger partial charge in [0.2, 0.25) is 0 Å². The molecule has 4 rings (SSSR count). The molecule has 2 bridgehead atoms. The van der Waals surface area contributed by atoms with Crippen LogP contribution in [0.5, 0.6) is 0 Å². The lowest BCUT2D eigenvalue weighted by Crippen LogP contribution is -2.34. The standard InChI is InChI=1S/C12H14N2OS/c15-12-10-6-9-7-1-2-8(5-7)11(9)13(10)3-4-14(12)16/h6-8,16H,1-5H2. The lowest BCUT2D eigenvalue weighted by molar-refractivity contribution is 0.0837. The van der Waals surface area contributed by atoms with Crippen LogP contribution in [0.3, 0.4) is 0 Å². The first-order valence-electron chi connectivity index (χ1n) is 6.00. The van der Waals surface area contributed by atoms with Crippen molar-refractivity contribution >= 4 is 18.7 Å². The van der Waals surface area contributed by atoms with Gasteiger partial charge in [-0.25, -0.2) is 0 Å². The Morgan fingerprint density at radius 2 is 2.06 bits per heavy atom. The molecule has 1 amide bonds. The molecule has 0 radical (unpaired) electrons. The number of hydrogen-bond acceptors (Lipinski definition) is 2. The Morgan fingerprint density at radius 1 is 1.25 bits per heavy atom. The van der Waals surface area contributed by atoms with Crippen LogP contribution >= 0.6 is 12.8 Å². The van der Waals surface area contributed by atoms with Crippen molar-refractivity contribution in [1.29, 1.82) is 0 Å². The zero-order valence-electron chi connectivity index (χ0n) is 9.02. The number of rotatable bonds is 0. The molecule has 1 fully saturated rings. The van der Waals surface area contributed by atoms with Gasteiger partial charge in [-0.05, 0) is 36.8 Å². The quantitative estimate of drug-likeness (QED) is 0.684. The average Bonchev–Trinajstić information content (AvgIpc) is 2.93. The van der Waals surface area contributed by atoms with Gasteiger partial charge >= 0.3 is 0 Å². The van der Waals surface area contributed by atoms with Crippen LogP contribution in [0.4, 0.5) is 0 Å². The first kappa shape index (κ1) is 9.16. The fourth-order valence-electron chi connectivity index (χ4n) is 3.73. The van der Waals surface area contributed by atoms with E-state index in [1.165, 1.54) is 34.8 Å². The number of carbonyl (C=O) groups is 1. The van der Waals surface area contributed by atoms with E-state index in [1.807, 2.05) is 0 Å². The van der Waals surface area contributed by atoms with E-state index in [2.05, 4.69) is 23.4 Å². The maximum atomic E-state index is 12.0. The molecule has 0 N–H and O–H groups in total. The molecule has 2 heterocycles. The van der Waals surface area contributed by atoms with E-state index in [-0.39, 0.29) is 5.91 Å². The van der Waals surface area contributed by atoms with Crippen molar-refractivity contribution in [3.8, 4) is 0 Å². The number of amides is 1. The maximum absolute atomic E-state index is 12.0. The van der Waals surface area contributed by atoms with Crippen molar-refractivity contribution in [3.63, 3.8) is 0 Å². The molecule has 84 valence electrons. The normalized spacial score (nSPS) is 30.8.